The zero-order valence-corrected chi connectivity index (χ0v) is 14.3. The minimum atomic E-state index is 0.459. The van der Waals surface area contributed by atoms with E-state index in [-0.39, 0.29) is 0 Å². The number of piperidine rings is 1. The van der Waals surface area contributed by atoms with Gasteiger partial charge in [0.1, 0.15) is 0 Å². The molecular formula is C18H36N2. The van der Waals surface area contributed by atoms with Crippen molar-refractivity contribution in [2.75, 3.05) is 26.2 Å². The number of likely N-dealkylation sites (tertiary alicyclic amines) is 1. The second kappa shape index (κ2) is 6.79. The molecule has 2 aliphatic rings. The third-order valence-electron chi connectivity index (χ3n) is 6.27. The molecule has 1 saturated carbocycles. The smallest absolute Gasteiger partial charge is 0.00684 e. The molecule has 1 unspecified atom stereocenters. The fraction of sp³-hybridized carbons (Fsp3) is 1.00. The van der Waals surface area contributed by atoms with Crippen LogP contribution < -0.4 is 5.32 Å². The fourth-order valence-corrected chi connectivity index (χ4v) is 3.65. The van der Waals surface area contributed by atoms with Gasteiger partial charge in [0.15, 0.2) is 0 Å². The van der Waals surface area contributed by atoms with Crippen molar-refractivity contribution in [1.29, 1.82) is 0 Å². The normalized spacial score (nSPS) is 26.4. The van der Waals surface area contributed by atoms with Gasteiger partial charge >= 0.3 is 0 Å². The fourth-order valence-electron chi connectivity index (χ4n) is 3.65. The predicted octanol–water partition coefficient (Wildman–Crippen LogP) is 4.06. The molecule has 0 aromatic rings. The van der Waals surface area contributed by atoms with Crippen molar-refractivity contribution in [1.82, 2.24) is 10.2 Å². The van der Waals surface area contributed by atoms with Crippen LogP contribution in [0.2, 0.25) is 0 Å². The third kappa shape index (κ3) is 4.21. The molecule has 0 radical (unpaired) electrons. The van der Waals surface area contributed by atoms with Gasteiger partial charge in [0, 0.05) is 19.1 Å². The Hall–Kier alpha value is -0.0800. The molecule has 0 aromatic heterocycles. The van der Waals surface area contributed by atoms with Gasteiger partial charge in [0.2, 0.25) is 0 Å². The number of hydrogen-bond donors (Lipinski definition) is 1. The molecule has 1 aliphatic carbocycles. The van der Waals surface area contributed by atoms with Crippen LogP contribution in [0.25, 0.3) is 0 Å². The van der Waals surface area contributed by atoms with Crippen molar-refractivity contribution < 1.29 is 0 Å². The molecule has 20 heavy (non-hydrogen) atoms. The van der Waals surface area contributed by atoms with Gasteiger partial charge in [-0.25, -0.2) is 0 Å². The van der Waals surface area contributed by atoms with Gasteiger partial charge in [0.25, 0.3) is 0 Å². The monoisotopic (exact) mass is 280 g/mol. The summed E-state index contributed by atoms with van der Waals surface area (Å²) in [5, 5.41) is 3.75. The Kier molecular flexibility index (Phi) is 5.53. The highest BCUT2D eigenvalue weighted by molar-refractivity contribution is 4.89. The molecule has 1 heterocycles. The summed E-state index contributed by atoms with van der Waals surface area (Å²) in [5.41, 5.74) is 1.12. The van der Waals surface area contributed by atoms with E-state index in [4.69, 9.17) is 0 Å². The van der Waals surface area contributed by atoms with Crippen LogP contribution in [0.1, 0.15) is 72.6 Å². The van der Waals surface area contributed by atoms with Gasteiger partial charge < -0.3 is 10.2 Å². The van der Waals surface area contributed by atoms with E-state index in [0.717, 1.165) is 6.04 Å². The van der Waals surface area contributed by atoms with E-state index in [1.54, 1.807) is 0 Å². The van der Waals surface area contributed by atoms with Crippen LogP contribution >= 0.6 is 0 Å². The van der Waals surface area contributed by atoms with Crippen LogP contribution in [0.4, 0.5) is 0 Å². The minimum Gasteiger partial charge on any atom is -0.313 e. The highest BCUT2D eigenvalue weighted by atomic mass is 15.1. The van der Waals surface area contributed by atoms with E-state index < -0.39 is 0 Å². The van der Waals surface area contributed by atoms with Crippen LogP contribution in [-0.2, 0) is 0 Å². The standard InChI is InChI=1S/C18H36N2/c1-5-17(4,14-19-16-8-9-16)15-20-12-10-18(6-2,7-3)11-13-20/h16,19H,5-15H2,1-4H3. The lowest BCUT2D eigenvalue weighted by molar-refractivity contribution is 0.0628. The van der Waals surface area contributed by atoms with Crippen LogP contribution in [0.3, 0.4) is 0 Å². The van der Waals surface area contributed by atoms with E-state index in [2.05, 4.69) is 37.9 Å². The van der Waals surface area contributed by atoms with E-state index in [0.29, 0.717) is 10.8 Å². The average Bonchev–Trinajstić information content (AvgIpc) is 3.31. The molecule has 2 heteroatoms. The van der Waals surface area contributed by atoms with Crippen molar-refractivity contribution in [3.63, 3.8) is 0 Å². The first-order chi connectivity index (χ1) is 9.55. The third-order valence-corrected chi connectivity index (χ3v) is 6.27. The molecule has 2 rings (SSSR count). The summed E-state index contributed by atoms with van der Waals surface area (Å²) in [5.74, 6) is 0. The minimum absolute atomic E-state index is 0.459. The highest BCUT2D eigenvalue weighted by Gasteiger charge is 2.34. The Morgan fingerprint density at radius 1 is 1.10 bits per heavy atom. The van der Waals surface area contributed by atoms with E-state index in [1.165, 1.54) is 71.1 Å². The van der Waals surface area contributed by atoms with Gasteiger partial charge in [0.05, 0.1) is 0 Å². The molecule has 1 saturated heterocycles. The molecule has 118 valence electrons. The van der Waals surface area contributed by atoms with Gasteiger partial charge in [-0.1, -0.05) is 40.5 Å². The molecule has 1 N–H and O–H groups in total. The maximum atomic E-state index is 3.75. The summed E-state index contributed by atoms with van der Waals surface area (Å²) in [6, 6.07) is 0.843. The summed E-state index contributed by atoms with van der Waals surface area (Å²) in [4.78, 5) is 2.74. The molecule has 2 fully saturated rings. The molecule has 0 spiro atoms. The summed E-state index contributed by atoms with van der Waals surface area (Å²) >= 11 is 0. The Morgan fingerprint density at radius 3 is 2.15 bits per heavy atom. The Bertz CT molecular complexity index is 284. The first-order valence-electron chi connectivity index (χ1n) is 9.00. The van der Waals surface area contributed by atoms with E-state index in [1.807, 2.05) is 0 Å². The maximum absolute atomic E-state index is 3.75. The topological polar surface area (TPSA) is 15.3 Å². The molecule has 0 bridgehead atoms. The largest absolute Gasteiger partial charge is 0.313 e. The molecule has 1 aliphatic heterocycles. The van der Waals surface area contributed by atoms with Crippen molar-refractivity contribution in [3.8, 4) is 0 Å². The van der Waals surface area contributed by atoms with Crippen LogP contribution in [0.15, 0.2) is 0 Å². The Morgan fingerprint density at radius 2 is 1.70 bits per heavy atom. The van der Waals surface area contributed by atoms with Gasteiger partial charge in [-0.2, -0.15) is 0 Å². The number of hydrogen-bond acceptors (Lipinski definition) is 2. The van der Waals surface area contributed by atoms with Gasteiger partial charge in [-0.05, 0) is 56.0 Å². The summed E-state index contributed by atoms with van der Waals surface area (Å²) in [6.07, 6.45) is 9.65. The highest BCUT2D eigenvalue weighted by Crippen LogP contribution is 2.38. The number of nitrogens with zero attached hydrogens (tertiary/aromatic N) is 1. The lowest BCUT2D eigenvalue weighted by atomic mass is 9.73. The Balaban J connectivity index is 1.79. The van der Waals surface area contributed by atoms with Crippen molar-refractivity contribution in [2.45, 2.75) is 78.7 Å². The molecule has 0 aromatic carbocycles. The van der Waals surface area contributed by atoms with Gasteiger partial charge in [-0.15, -0.1) is 0 Å². The summed E-state index contributed by atoms with van der Waals surface area (Å²) < 4.78 is 0. The summed E-state index contributed by atoms with van der Waals surface area (Å²) in [6.45, 7) is 14.7. The van der Waals surface area contributed by atoms with Crippen molar-refractivity contribution in [3.05, 3.63) is 0 Å². The maximum Gasteiger partial charge on any atom is 0.00684 e. The molecule has 0 amide bonds. The number of rotatable bonds is 8. The van der Waals surface area contributed by atoms with Crippen LogP contribution in [-0.4, -0.2) is 37.1 Å². The van der Waals surface area contributed by atoms with E-state index in [9.17, 15) is 0 Å². The number of nitrogens with one attached hydrogen (secondary N) is 1. The molecule has 2 nitrogen and oxygen atoms in total. The van der Waals surface area contributed by atoms with Crippen LogP contribution in [0.5, 0.6) is 0 Å². The zero-order chi connectivity index (χ0) is 14.6. The van der Waals surface area contributed by atoms with Crippen LogP contribution in [0, 0.1) is 10.8 Å². The second-order valence-electron chi connectivity index (χ2n) is 7.80. The average molecular weight is 280 g/mol. The van der Waals surface area contributed by atoms with Crippen molar-refractivity contribution in [2.24, 2.45) is 10.8 Å². The summed E-state index contributed by atoms with van der Waals surface area (Å²) in [7, 11) is 0. The lowest BCUT2D eigenvalue weighted by Crippen LogP contribution is -2.47. The molecule has 1 atom stereocenters. The predicted molar refractivity (Wildman–Crippen MR) is 88.1 cm³/mol. The first-order valence-corrected chi connectivity index (χ1v) is 9.00. The Labute approximate surface area is 126 Å². The second-order valence-corrected chi connectivity index (χ2v) is 7.80. The van der Waals surface area contributed by atoms with E-state index >= 15 is 0 Å². The van der Waals surface area contributed by atoms with Gasteiger partial charge in [-0.3, -0.25) is 0 Å². The molecular weight excluding hydrogens is 244 g/mol. The quantitative estimate of drug-likeness (QED) is 0.721. The lowest BCUT2D eigenvalue weighted by Gasteiger charge is -2.44. The zero-order valence-electron chi connectivity index (χ0n) is 14.3. The SMILES string of the molecule is CCC(C)(CNC1CC1)CN1CCC(CC)(CC)CC1. The first kappa shape index (κ1) is 16.3. The van der Waals surface area contributed by atoms with Crippen molar-refractivity contribution >= 4 is 0 Å².